The first-order chi connectivity index (χ1) is 13.7. The normalized spacial score (nSPS) is 19.5. The van der Waals surface area contributed by atoms with Gasteiger partial charge in [0, 0.05) is 24.0 Å². The molecule has 0 bridgehead atoms. The molecule has 1 aromatic carbocycles. The summed E-state index contributed by atoms with van der Waals surface area (Å²) in [6, 6.07) is 7.60. The quantitative estimate of drug-likeness (QED) is 0.648. The molecule has 2 aromatic rings. The summed E-state index contributed by atoms with van der Waals surface area (Å²) in [5.41, 5.74) is 6.11. The molecule has 2 heterocycles. The minimum atomic E-state index is -0.555. The number of rotatable bonds is 4. The van der Waals surface area contributed by atoms with Gasteiger partial charge in [0.1, 0.15) is 11.6 Å². The third kappa shape index (κ3) is 3.25. The summed E-state index contributed by atoms with van der Waals surface area (Å²) in [6.07, 6.45) is 11.6. The minimum Gasteiger partial charge on any atom is -0.365 e. The first-order valence-corrected chi connectivity index (χ1v) is 10.3. The van der Waals surface area contributed by atoms with Crippen molar-refractivity contribution in [3.8, 4) is 11.1 Å². The van der Waals surface area contributed by atoms with Gasteiger partial charge in [0.2, 0.25) is 0 Å². The molecule has 2 nitrogen and oxygen atoms in total. The molecule has 4 heteroatoms. The lowest BCUT2D eigenvalue weighted by Gasteiger charge is -2.36. The van der Waals surface area contributed by atoms with Crippen LogP contribution in [-0.4, -0.2) is 16.4 Å². The van der Waals surface area contributed by atoms with Gasteiger partial charge in [-0.05, 0) is 73.8 Å². The Kier molecular flexibility index (Phi) is 4.50. The SMILES string of the molecule is Fc1cccc(F)c1-c1ccc(CN2CC=C(C3CC3)C3=C2CCCC3)nc1. The summed E-state index contributed by atoms with van der Waals surface area (Å²) >= 11 is 0. The van der Waals surface area contributed by atoms with E-state index in [1.807, 2.05) is 6.07 Å². The summed E-state index contributed by atoms with van der Waals surface area (Å²) in [5.74, 6) is -0.307. The lowest BCUT2D eigenvalue weighted by Crippen LogP contribution is -2.30. The number of allylic oxidation sites excluding steroid dienone is 3. The maximum Gasteiger partial charge on any atom is 0.134 e. The van der Waals surface area contributed by atoms with Crippen LogP contribution in [0.15, 0.2) is 59.4 Å². The standard InChI is InChI=1S/C24H24F2N2/c25-21-5-3-6-22(26)24(21)17-10-11-18(27-14-17)15-28-13-12-19(16-8-9-16)20-4-1-2-7-23(20)28/h3,5-6,10-12,14,16H,1-2,4,7-9,13,15H2. The Hall–Kier alpha value is -2.49. The molecule has 0 spiro atoms. The van der Waals surface area contributed by atoms with Crippen LogP contribution in [0.25, 0.3) is 11.1 Å². The van der Waals surface area contributed by atoms with Gasteiger partial charge in [0.05, 0.1) is 17.8 Å². The number of nitrogens with zero attached hydrogens (tertiary/aromatic N) is 2. The Labute approximate surface area is 164 Å². The van der Waals surface area contributed by atoms with Crippen LogP contribution >= 0.6 is 0 Å². The second-order valence-electron chi connectivity index (χ2n) is 8.08. The van der Waals surface area contributed by atoms with Crippen LogP contribution in [0.3, 0.4) is 0 Å². The van der Waals surface area contributed by atoms with Gasteiger partial charge in [-0.25, -0.2) is 8.78 Å². The van der Waals surface area contributed by atoms with E-state index in [1.165, 1.54) is 56.0 Å². The first-order valence-electron chi connectivity index (χ1n) is 10.3. The largest absolute Gasteiger partial charge is 0.365 e. The molecule has 0 N–H and O–H groups in total. The first kappa shape index (κ1) is 17.6. The smallest absolute Gasteiger partial charge is 0.134 e. The van der Waals surface area contributed by atoms with Gasteiger partial charge >= 0.3 is 0 Å². The monoisotopic (exact) mass is 378 g/mol. The van der Waals surface area contributed by atoms with Gasteiger partial charge in [0.25, 0.3) is 0 Å². The number of hydrogen-bond acceptors (Lipinski definition) is 2. The Morgan fingerprint density at radius 1 is 1.00 bits per heavy atom. The lowest BCUT2D eigenvalue weighted by atomic mass is 9.85. The van der Waals surface area contributed by atoms with Gasteiger partial charge in [0.15, 0.2) is 0 Å². The lowest BCUT2D eigenvalue weighted by molar-refractivity contribution is 0.329. The highest BCUT2D eigenvalue weighted by molar-refractivity contribution is 5.63. The number of hydrogen-bond donors (Lipinski definition) is 0. The van der Waals surface area contributed by atoms with Crippen molar-refractivity contribution in [2.24, 2.45) is 5.92 Å². The predicted molar refractivity (Wildman–Crippen MR) is 106 cm³/mol. The number of aromatic nitrogens is 1. The molecule has 1 saturated carbocycles. The average molecular weight is 378 g/mol. The molecule has 0 atom stereocenters. The van der Waals surface area contributed by atoms with Crippen LogP contribution in [0.2, 0.25) is 0 Å². The van der Waals surface area contributed by atoms with Crippen LogP contribution in [0.4, 0.5) is 8.78 Å². The van der Waals surface area contributed by atoms with E-state index in [-0.39, 0.29) is 5.56 Å². The summed E-state index contributed by atoms with van der Waals surface area (Å²) in [6.45, 7) is 1.68. The van der Waals surface area contributed by atoms with Gasteiger partial charge in [-0.1, -0.05) is 18.2 Å². The fraction of sp³-hybridized carbons (Fsp3) is 0.375. The Bertz CT molecular complexity index is 935. The molecule has 0 saturated heterocycles. The molecule has 0 unspecified atom stereocenters. The van der Waals surface area contributed by atoms with Crippen molar-refractivity contribution < 1.29 is 8.78 Å². The Morgan fingerprint density at radius 3 is 2.50 bits per heavy atom. The summed E-state index contributed by atoms with van der Waals surface area (Å²) in [5, 5.41) is 0. The summed E-state index contributed by atoms with van der Waals surface area (Å²) in [4.78, 5) is 6.95. The van der Waals surface area contributed by atoms with E-state index >= 15 is 0 Å². The van der Waals surface area contributed by atoms with Crippen LogP contribution in [0, 0.1) is 17.6 Å². The minimum absolute atomic E-state index is 0.00574. The maximum atomic E-state index is 14.0. The van der Waals surface area contributed by atoms with Gasteiger partial charge in [-0.3, -0.25) is 4.98 Å². The average Bonchev–Trinajstić information content (AvgIpc) is 3.55. The number of benzene rings is 1. The van der Waals surface area contributed by atoms with Crippen molar-refractivity contribution in [3.63, 3.8) is 0 Å². The van der Waals surface area contributed by atoms with Crippen molar-refractivity contribution in [3.05, 3.63) is 76.8 Å². The fourth-order valence-corrected chi connectivity index (χ4v) is 4.59. The van der Waals surface area contributed by atoms with E-state index in [4.69, 9.17) is 0 Å². The molecular weight excluding hydrogens is 354 g/mol. The van der Waals surface area contributed by atoms with Crippen molar-refractivity contribution in [1.82, 2.24) is 9.88 Å². The molecule has 5 rings (SSSR count). The van der Waals surface area contributed by atoms with Crippen LogP contribution in [0.1, 0.15) is 44.2 Å². The summed E-state index contributed by atoms with van der Waals surface area (Å²) < 4.78 is 28.0. The van der Waals surface area contributed by atoms with Crippen molar-refractivity contribution >= 4 is 0 Å². The van der Waals surface area contributed by atoms with Crippen molar-refractivity contribution in [1.29, 1.82) is 0 Å². The van der Waals surface area contributed by atoms with E-state index in [0.29, 0.717) is 5.56 Å². The highest BCUT2D eigenvalue weighted by Gasteiger charge is 2.33. The molecule has 1 aromatic heterocycles. The Morgan fingerprint density at radius 2 is 1.79 bits per heavy atom. The molecule has 1 fully saturated rings. The Balaban J connectivity index is 1.37. The second kappa shape index (κ2) is 7.16. The van der Waals surface area contributed by atoms with Crippen LogP contribution in [-0.2, 0) is 6.54 Å². The zero-order chi connectivity index (χ0) is 19.1. The molecule has 28 heavy (non-hydrogen) atoms. The molecule has 0 amide bonds. The third-order valence-corrected chi connectivity index (χ3v) is 6.15. The summed E-state index contributed by atoms with van der Waals surface area (Å²) in [7, 11) is 0. The van der Waals surface area contributed by atoms with Crippen LogP contribution in [0.5, 0.6) is 0 Å². The molecule has 3 aliphatic rings. The maximum absolute atomic E-state index is 14.0. The zero-order valence-electron chi connectivity index (χ0n) is 15.9. The van der Waals surface area contributed by atoms with E-state index in [0.717, 1.165) is 31.1 Å². The predicted octanol–water partition coefficient (Wildman–Crippen LogP) is 6.01. The topological polar surface area (TPSA) is 16.1 Å². The van der Waals surface area contributed by atoms with E-state index in [2.05, 4.69) is 16.0 Å². The molecule has 144 valence electrons. The molecule has 0 radical (unpaired) electrons. The van der Waals surface area contributed by atoms with E-state index in [9.17, 15) is 8.78 Å². The molecule has 1 aliphatic heterocycles. The molecular formula is C24H24F2N2. The number of halogens is 2. The molecule has 2 aliphatic carbocycles. The third-order valence-electron chi connectivity index (χ3n) is 6.15. The van der Waals surface area contributed by atoms with Gasteiger partial charge in [-0.2, -0.15) is 0 Å². The van der Waals surface area contributed by atoms with Crippen molar-refractivity contribution in [2.75, 3.05) is 6.54 Å². The van der Waals surface area contributed by atoms with Crippen LogP contribution < -0.4 is 0 Å². The van der Waals surface area contributed by atoms with E-state index in [1.54, 1.807) is 23.4 Å². The zero-order valence-corrected chi connectivity index (χ0v) is 15.9. The highest BCUT2D eigenvalue weighted by Crippen LogP contribution is 2.46. The highest BCUT2D eigenvalue weighted by atomic mass is 19.1. The second-order valence-corrected chi connectivity index (χ2v) is 8.08. The van der Waals surface area contributed by atoms with E-state index < -0.39 is 11.6 Å². The number of pyridine rings is 1. The fourth-order valence-electron chi connectivity index (χ4n) is 4.59. The van der Waals surface area contributed by atoms with Gasteiger partial charge < -0.3 is 4.90 Å². The van der Waals surface area contributed by atoms with Gasteiger partial charge in [-0.15, -0.1) is 0 Å². The van der Waals surface area contributed by atoms with Crippen molar-refractivity contribution in [2.45, 2.75) is 45.1 Å².